The molecule has 0 radical (unpaired) electrons. The van der Waals surface area contributed by atoms with Gasteiger partial charge >= 0.3 is 0 Å². The second-order valence-corrected chi connectivity index (χ2v) is 3.94. The van der Waals surface area contributed by atoms with E-state index < -0.39 is 0 Å². The normalized spacial score (nSPS) is 10.6. The van der Waals surface area contributed by atoms with Crippen molar-refractivity contribution in [2.75, 3.05) is 39.8 Å². The zero-order valence-corrected chi connectivity index (χ0v) is 10.2. The average molecular weight is 228 g/mol. The average Bonchev–Trinajstić information content (AvgIpc) is 2.14. The summed E-state index contributed by atoms with van der Waals surface area (Å²) in [4.78, 5) is 4.21. The van der Waals surface area contributed by atoms with E-state index in [0.29, 0.717) is 6.54 Å². The molecule has 0 fully saturated rings. The number of aliphatic hydroxyl groups is 1. The summed E-state index contributed by atoms with van der Waals surface area (Å²) < 4.78 is 0. The molecule has 0 aromatic heterocycles. The molecule has 15 heavy (non-hydrogen) atoms. The minimum absolute atomic E-state index is 0.0384. The van der Waals surface area contributed by atoms with E-state index in [4.69, 9.17) is 5.11 Å². The third-order valence-corrected chi connectivity index (χ3v) is 2.11. The van der Waals surface area contributed by atoms with Crippen LogP contribution in [-0.4, -0.2) is 59.7 Å². The van der Waals surface area contributed by atoms with E-state index >= 15 is 0 Å². The molecule has 0 atom stereocenters. The summed E-state index contributed by atoms with van der Waals surface area (Å²) in [6.45, 7) is 11.3. The topological polar surface area (TPSA) is 26.7 Å². The van der Waals surface area contributed by atoms with Gasteiger partial charge in [-0.05, 0) is 19.3 Å². The lowest BCUT2D eigenvalue weighted by atomic mass is 10.4. The van der Waals surface area contributed by atoms with Crippen LogP contribution in [0.5, 0.6) is 0 Å². The Labute approximate surface area is 97.7 Å². The van der Waals surface area contributed by atoms with Crippen molar-refractivity contribution in [2.24, 2.45) is 0 Å². The SMILES string of the molecule is C=CCN(CC=C)CCN(C)CC(O)=S. The summed E-state index contributed by atoms with van der Waals surface area (Å²) >= 11 is 4.62. The minimum atomic E-state index is 0.0384. The van der Waals surface area contributed by atoms with Crippen LogP contribution in [-0.2, 0) is 0 Å². The lowest BCUT2D eigenvalue weighted by Gasteiger charge is -2.22. The number of nitrogens with zero attached hydrogens (tertiary/aromatic N) is 2. The van der Waals surface area contributed by atoms with Gasteiger partial charge in [0.1, 0.15) is 0 Å². The number of rotatable bonds is 9. The molecule has 0 saturated carbocycles. The van der Waals surface area contributed by atoms with E-state index in [1.807, 2.05) is 24.1 Å². The van der Waals surface area contributed by atoms with Crippen molar-refractivity contribution in [2.45, 2.75) is 0 Å². The number of likely N-dealkylation sites (N-methyl/N-ethyl adjacent to an activating group) is 1. The first-order valence-corrected chi connectivity index (χ1v) is 5.35. The third kappa shape index (κ3) is 8.30. The second kappa shape index (κ2) is 8.59. The molecule has 0 rings (SSSR count). The first-order chi connectivity index (χ1) is 7.10. The quantitative estimate of drug-likeness (QED) is 0.478. The Balaban J connectivity index is 3.81. The number of hydrogen-bond donors (Lipinski definition) is 1. The lowest BCUT2D eigenvalue weighted by Crippen LogP contribution is -2.35. The van der Waals surface area contributed by atoms with Gasteiger partial charge in [-0.3, -0.25) is 9.80 Å². The maximum Gasteiger partial charge on any atom is 0.170 e. The molecule has 0 amide bonds. The van der Waals surface area contributed by atoms with Crippen LogP contribution in [0.4, 0.5) is 0 Å². The molecule has 0 aliphatic carbocycles. The van der Waals surface area contributed by atoms with Crippen LogP contribution in [0, 0.1) is 0 Å². The highest BCUT2D eigenvalue weighted by molar-refractivity contribution is 7.80. The summed E-state index contributed by atoms with van der Waals surface area (Å²) in [5, 5.41) is 8.98. The van der Waals surface area contributed by atoms with Crippen molar-refractivity contribution in [3.05, 3.63) is 25.3 Å². The van der Waals surface area contributed by atoms with E-state index in [1.165, 1.54) is 0 Å². The van der Waals surface area contributed by atoms with Crippen LogP contribution in [0.25, 0.3) is 0 Å². The van der Waals surface area contributed by atoms with Gasteiger partial charge < -0.3 is 5.11 Å². The zero-order chi connectivity index (χ0) is 11.7. The Morgan fingerprint density at radius 3 is 2.20 bits per heavy atom. The third-order valence-electron chi connectivity index (χ3n) is 1.98. The molecule has 86 valence electrons. The fourth-order valence-electron chi connectivity index (χ4n) is 1.24. The maximum absolute atomic E-state index is 8.94. The standard InChI is InChI=1S/C11H20N2OS/c1-4-6-13(7-5-2)9-8-12(3)10-11(14)15/h4-5H,1-2,6-10H2,3H3,(H,14,15). The van der Waals surface area contributed by atoms with Gasteiger partial charge in [-0.1, -0.05) is 12.2 Å². The molecule has 0 aromatic carbocycles. The van der Waals surface area contributed by atoms with Crippen molar-refractivity contribution in [3.63, 3.8) is 0 Å². The molecule has 0 unspecified atom stereocenters. The van der Waals surface area contributed by atoms with Crippen LogP contribution < -0.4 is 0 Å². The zero-order valence-electron chi connectivity index (χ0n) is 9.35. The molecule has 0 spiro atoms. The van der Waals surface area contributed by atoms with Gasteiger partial charge in [0.15, 0.2) is 5.05 Å². The highest BCUT2D eigenvalue weighted by atomic mass is 32.1. The predicted molar refractivity (Wildman–Crippen MR) is 69.6 cm³/mol. The Morgan fingerprint density at radius 2 is 1.80 bits per heavy atom. The summed E-state index contributed by atoms with van der Waals surface area (Å²) in [6, 6.07) is 0. The van der Waals surface area contributed by atoms with Crippen LogP contribution in [0.3, 0.4) is 0 Å². The first kappa shape index (κ1) is 14.3. The van der Waals surface area contributed by atoms with Gasteiger partial charge in [0, 0.05) is 26.2 Å². The Hall–Kier alpha value is -0.710. The van der Waals surface area contributed by atoms with Gasteiger partial charge in [0.25, 0.3) is 0 Å². The van der Waals surface area contributed by atoms with Crippen LogP contribution in [0.15, 0.2) is 25.3 Å². The Kier molecular flexibility index (Phi) is 8.18. The number of hydrogen-bond acceptors (Lipinski definition) is 3. The van der Waals surface area contributed by atoms with Gasteiger partial charge in [-0.2, -0.15) is 0 Å². The van der Waals surface area contributed by atoms with Crippen LogP contribution in [0.1, 0.15) is 0 Å². The molecular weight excluding hydrogens is 208 g/mol. The highest BCUT2D eigenvalue weighted by Gasteiger charge is 2.04. The molecule has 0 aliphatic heterocycles. The fraction of sp³-hybridized carbons (Fsp3) is 0.545. The summed E-state index contributed by atoms with van der Waals surface area (Å²) in [6.07, 6.45) is 3.75. The van der Waals surface area contributed by atoms with Gasteiger partial charge in [-0.15, -0.1) is 13.2 Å². The summed E-state index contributed by atoms with van der Waals surface area (Å²) in [5.41, 5.74) is 0. The molecule has 1 N–H and O–H groups in total. The highest BCUT2D eigenvalue weighted by Crippen LogP contribution is 1.91. The molecule has 4 heteroatoms. The molecular formula is C11H20N2OS. The van der Waals surface area contributed by atoms with E-state index in [-0.39, 0.29) is 5.05 Å². The van der Waals surface area contributed by atoms with Crippen LogP contribution >= 0.6 is 12.2 Å². The number of aliphatic hydroxyl groups excluding tert-OH is 1. The molecule has 0 aliphatic rings. The van der Waals surface area contributed by atoms with E-state index in [0.717, 1.165) is 26.2 Å². The van der Waals surface area contributed by atoms with E-state index in [1.54, 1.807) is 0 Å². The van der Waals surface area contributed by atoms with Gasteiger partial charge in [0.05, 0.1) is 6.54 Å². The summed E-state index contributed by atoms with van der Waals surface area (Å²) in [7, 11) is 1.93. The molecule has 0 saturated heterocycles. The second-order valence-electron chi connectivity index (χ2n) is 3.47. The lowest BCUT2D eigenvalue weighted by molar-refractivity contribution is 0.268. The molecule has 0 heterocycles. The molecule has 3 nitrogen and oxygen atoms in total. The van der Waals surface area contributed by atoms with Crippen molar-refractivity contribution in [3.8, 4) is 0 Å². The van der Waals surface area contributed by atoms with Crippen molar-refractivity contribution in [1.29, 1.82) is 0 Å². The van der Waals surface area contributed by atoms with Gasteiger partial charge in [-0.25, -0.2) is 0 Å². The van der Waals surface area contributed by atoms with Crippen molar-refractivity contribution >= 4 is 17.3 Å². The number of thiocarbonyl (C=S) groups is 1. The van der Waals surface area contributed by atoms with Crippen molar-refractivity contribution in [1.82, 2.24) is 9.80 Å². The van der Waals surface area contributed by atoms with Crippen molar-refractivity contribution < 1.29 is 5.11 Å². The largest absolute Gasteiger partial charge is 0.501 e. The van der Waals surface area contributed by atoms with E-state index in [2.05, 4.69) is 30.3 Å². The summed E-state index contributed by atoms with van der Waals surface area (Å²) in [5.74, 6) is 0. The smallest absolute Gasteiger partial charge is 0.170 e. The van der Waals surface area contributed by atoms with Crippen LogP contribution in [0.2, 0.25) is 0 Å². The molecule has 0 bridgehead atoms. The monoisotopic (exact) mass is 228 g/mol. The van der Waals surface area contributed by atoms with E-state index in [9.17, 15) is 0 Å². The maximum atomic E-state index is 8.94. The fourth-order valence-corrected chi connectivity index (χ4v) is 1.46. The minimum Gasteiger partial charge on any atom is -0.501 e. The molecule has 0 aromatic rings. The van der Waals surface area contributed by atoms with Gasteiger partial charge in [0.2, 0.25) is 0 Å². The Morgan fingerprint density at radius 1 is 1.27 bits per heavy atom. The Bertz CT molecular complexity index is 209. The predicted octanol–water partition coefficient (Wildman–Crippen LogP) is 1.48. The first-order valence-electron chi connectivity index (χ1n) is 4.94.